The van der Waals surface area contributed by atoms with E-state index in [-0.39, 0.29) is 5.97 Å². The third kappa shape index (κ3) is 3.53. The molecule has 0 radical (unpaired) electrons. The summed E-state index contributed by atoms with van der Waals surface area (Å²) >= 11 is 2.92. The summed E-state index contributed by atoms with van der Waals surface area (Å²) in [4.78, 5) is 15.4. The molecule has 88 valence electrons. The third-order valence-electron chi connectivity index (χ3n) is 1.71. The molecule has 0 aliphatic rings. The van der Waals surface area contributed by atoms with E-state index in [0.29, 0.717) is 23.1 Å². The van der Waals surface area contributed by atoms with E-state index in [4.69, 9.17) is 10.5 Å². The fourth-order valence-electron chi connectivity index (χ4n) is 0.981. The van der Waals surface area contributed by atoms with Crippen LogP contribution in [0.5, 0.6) is 0 Å². The number of nitrogens with two attached hydrogens (primary N) is 1. The van der Waals surface area contributed by atoms with Gasteiger partial charge in [0, 0.05) is 11.3 Å². The molecule has 2 N–H and O–H groups in total. The fourth-order valence-corrected chi connectivity index (χ4v) is 2.89. The zero-order chi connectivity index (χ0) is 12.1. The molecule has 0 aromatic carbocycles. The normalized spacial score (nSPS) is 10.1. The lowest BCUT2D eigenvalue weighted by Gasteiger charge is -2.03. The number of thiazole rings is 1. The Morgan fingerprint density at radius 2 is 2.38 bits per heavy atom. The molecule has 16 heavy (non-hydrogen) atoms. The second-order valence-corrected chi connectivity index (χ2v) is 5.31. The van der Waals surface area contributed by atoms with Gasteiger partial charge >= 0.3 is 5.97 Å². The molecule has 4 nitrogen and oxygen atoms in total. The highest BCUT2D eigenvalue weighted by molar-refractivity contribution is 8.01. The molecule has 0 bridgehead atoms. The van der Waals surface area contributed by atoms with Crippen LogP contribution in [0.4, 0.5) is 5.13 Å². The van der Waals surface area contributed by atoms with E-state index in [9.17, 15) is 4.79 Å². The zero-order valence-corrected chi connectivity index (χ0v) is 10.9. The molecule has 0 saturated carbocycles. The molecule has 1 heterocycles. The molecule has 0 aliphatic carbocycles. The van der Waals surface area contributed by atoms with Crippen LogP contribution in [0.3, 0.4) is 0 Å². The molecule has 0 atom stereocenters. The van der Waals surface area contributed by atoms with Gasteiger partial charge in [0.2, 0.25) is 0 Å². The number of aryl methyl sites for hydroxylation is 1. The minimum absolute atomic E-state index is 0.342. The Hall–Kier alpha value is -1.01. The van der Waals surface area contributed by atoms with E-state index in [2.05, 4.69) is 11.6 Å². The molecule has 6 heteroatoms. The van der Waals surface area contributed by atoms with Gasteiger partial charge in [0.25, 0.3) is 0 Å². The Kier molecular flexibility index (Phi) is 4.82. The molecule has 1 aromatic heterocycles. The van der Waals surface area contributed by atoms with Crippen LogP contribution in [-0.2, 0) is 9.53 Å². The summed E-state index contributed by atoms with van der Waals surface area (Å²) in [6.07, 6.45) is 0. The van der Waals surface area contributed by atoms with Gasteiger partial charge in [0.15, 0.2) is 5.13 Å². The van der Waals surface area contributed by atoms with Crippen molar-refractivity contribution in [2.75, 3.05) is 18.1 Å². The second-order valence-electron chi connectivity index (χ2n) is 3.04. The lowest BCUT2D eigenvalue weighted by Crippen LogP contribution is -2.08. The van der Waals surface area contributed by atoms with Crippen LogP contribution >= 0.6 is 23.1 Å². The molecule has 1 rings (SSSR count). The quantitative estimate of drug-likeness (QED) is 0.498. The number of esters is 1. The molecule has 0 unspecified atom stereocenters. The van der Waals surface area contributed by atoms with Crippen LogP contribution in [0.2, 0.25) is 0 Å². The number of carbonyl (C=O) groups excluding carboxylic acids is 1. The third-order valence-corrected chi connectivity index (χ3v) is 4.15. The second kappa shape index (κ2) is 5.91. The van der Waals surface area contributed by atoms with Gasteiger partial charge in [-0.3, -0.25) is 0 Å². The van der Waals surface area contributed by atoms with Crippen LogP contribution in [0.25, 0.3) is 0 Å². The first-order chi connectivity index (χ1) is 7.54. The topological polar surface area (TPSA) is 65.2 Å². The van der Waals surface area contributed by atoms with E-state index in [1.54, 1.807) is 6.92 Å². The number of ether oxygens (including phenoxy) is 1. The molecule has 0 fully saturated rings. The van der Waals surface area contributed by atoms with E-state index in [0.717, 1.165) is 9.90 Å². The number of anilines is 1. The zero-order valence-electron chi connectivity index (χ0n) is 9.28. The summed E-state index contributed by atoms with van der Waals surface area (Å²) in [6.45, 7) is 7.71. The van der Waals surface area contributed by atoms with Gasteiger partial charge in [-0.05, 0) is 13.8 Å². The first-order valence-corrected chi connectivity index (χ1v) is 6.55. The molecule has 0 aliphatic heterocycles. The summed E-state index contributed by atoms with van der Waals surface area (Å²) in [6, 6.07) is 0. The van der Waals surface area contributed by atoms with E-state index >= 15 is 0 Å². The van der Waals surface area contributed by atoms with E-state index in [1.165, 1.54) is 23.1 Å². The van der Waals surface area contributed by atoms with Crippen molar-refractivity contribution in [1.82, 2.24) is 4.98 Å². The number of nitrogen functional groups attached to an aromatic ring is 1. The van der Waals surface area contributed by atoms with Crippen LogP contribution < -0.4 is 5.73 Å². The highest BCUT2D eigenvalue weighted by atomic mass is 32.2. The number of carbonyl (C=O) groups is 1. The highest BCUT2D eigenvalue weighted by Gasteiger charge is 2.11. The van der Waals surface area contributed by atoms with Crippen LogP contribution in [0, 0.1) is 6.92 Å². The van der Waals surface area contributed by atoms with Crippen molar-refractivity contribution < 1.29 is 9.53 Å². The average Bonchev–Trinajstić information content (AvgIpc) is 2.54. The van der Waals surface area contributed by atoms with Crippen molar-refractivity contribution in [2.24, 2.45) is 0 Å². The van der Waals surface area contributed by atoms with Crippen LogP contribution in [0.1, 0.15) is 12.6 Å². The maximum atomic E-state index is 11.3. The van der Waals surface area contributed by atoms with Crippen molar-refractivity contribution >= 4 is 34.2 Å². The van der Waals surface area contributed by atoms with Gasteiger partial charge in [-0.25, -0.2) is 9.78 Å². The predicted molar refractivity (Wildman–Crippen MR) is 67.8 cm³/mol. The SMILES string of the molecule is C=C(CSc1sc(N)nc1C)C(=O)OCC. The highest BCUT2D eigenvalue weighted by Crippen LogP contribution is 2.31. The van der Waals surface area contributed by atoms with Crippen molar-refractivity contribution in [3.63, 3.8) is 0 Å². The molecule has 0 spiro atoms. The number of rotatable bonds is 5. The van der Waals surface area contributed by atoms with E-state index < -0.39 is 0 Å². The van der Waals surface area contributed by atoms with Crippen LogP contribution in [0.15, 0.2) is 16.4 Å². The number of aromatic nitrogens is 1. The van der Waals surface area contributed by atoms with Gasteiger partial charge < -0.3 is 10.5 Å². The molecule has 0 saturated heterocycles. The van der Waals surface area contributed by atoms with Crippen LogP contribution in [-0.4, -0.2) is 23.3 Å². The number of hydrogen-bond donors (Lipinski definition) is 1. The van der Waals surface area contributed by atoms with Crippen molar-refractivity contribution in [3.05, 3.63) is 17.8 Å². The summed E-state index contributed by atoms with van der Waals surface area (Å²) < 4.78 is 5.86. The maximum absolute atomic E-state index is 11.3. The smallest absolute Gasteiger partial charge is 0.334 e. The lowest BCUT2D eigenvalue weighted by atomic mass is 10.4. The largest absolute Gasteiger partial charge is 0.463 e. The van der Waals surface area contributed by atoms with Crippen molar-refractivity contribution in [1.29, 1.82) is 0 Å². The minimum atomic E-state index is -0.342. The monoisotopic (exact) mass is 258 g/mol. The number of hydrogen-bond acceptors (Lipinski definition) is 6. The van der Waals surface area contributed by atoms with Crippen molar-refractivity contribution in [3.8, 4) is 0 Å². The Labute approximate surface area is 103 Å². The molecule has 0 amide bonds. The Bertz CT molecular complexity index is 402. The maximum Gasteiger partial charge on any atom is 0.334 e. The standard InChI is InChI=1S/C10H14N2O2S2/c1-4-14-8(13)6(2)5-15-9-7(3)12-10(11)16-9/h2,4-5H2,1,3H3,(H2,11,12). The van der Waals surface area contributed by atoms with Gasteiger partial charge in [-0.2, -0.15) is 0 Å². The predicted octanol–water partition coefficient (Wildman–Crippen LogP) is 2.25. The summed E-state index contributed by atoms with van der Waals surface area (Å²) in [7, 11) is 0. The van der Waals surface area contributed by atoms with Crippen molar-refractivity contribution in [2.45, 2.75) is 18.1 Å². The van der Waals surface area contributed by atoms with Gasteiger partial charge in [-0.15, -0.1) is 11.8 Å². The minimum Gasteiger partial charge on any atom is -0.463 e. The van der Waals surface area contributed by atoms with Gasteiger partial charge in [0.1, 0.15) is 0 Å². The summed E-state index contributed by atoms with van der Waals surface area (Å²) in [5.41, 5.74) is 6.92. The summed E-state index contributed by atoms with van der Waals surface area (Å²) in [5, 5.41) is 0.543. The molecule has 1 aromatic rings. The van der Waals surface area contributed by atoms with E-state index in [1.807, 2.05) is 6.92 Å². The Balaban J connectivity index is 2.49. The Morgan fingerprint density at radius 3 is 2.88 bits per heavy atom. The summed E-state index contributed by atoms with van der Waals surface area (Å²) in [5.74, 6) is 0.159. The first kappa shape index (κ1) is 13.1. The molecular weight excluding hydrogens is 244 g/mol. The number of nitrogens with zero attached hydrogens (tertiary/aromatic N) is 1. The number of thioether (sulfide) groups is 1. The van der Waals surface area contributed by atoms with Gasteiger partial charge in [0.05, 0.1) is 16.5 Å². The van der Waals surface area contributed by atoms with Gasteiger partial charge in [-0.1, -0.05) is 17.9 Å². The lowest BCUT2D eigenvalue weighted by molar-refractivity contribution is -0.138. The molecular formula is C10H14N2O2S2. The first-order valence-electron chi connectivity index (χ1n) is 4.75. The Morgan fingerprint density at radius 1 is 1.69 bits per heavy atom. The average molecular weight is 258 g/mol. The fraction of sp³-hybridized carbons (Fsp3) is 0.400.